The molecule has 0 aromatic heterocycles. The van der Waals surface area contributed by atoms with Gasteiger partial charge in [0.2, 0.25) is 5.91 Å². The lowest BCUT2D eigenvalue weighted by Crippen LogP contribution is -2.38. The van der Waals surface area contributed by atoms with Crippen molar-refractivity contribution in [3.8, 4) is 0 Å². The third-order valence-electron chi connectivity index (χ3n) is 4.38. The van der Waals surface area contributed by atoms with E-state index >= 15 is 0 Å². The lowest BCUT2D eigenvalue weighted by molar-refractivity contribution is -0.120. The van der Waals surface area contributed by atoms with Crippen LogP contribution in [0.3, 0.4) is 0 Å². The number of piperidine rings is 1. The van der Waals surface area contributed by atoms with Crippen molar-refractivity contribution in [2.24, 2.45) is 5.92 Å². The molecule has 0 spiro atoms. The third kappa shape index (κ3) is 3.70. The highest BCUT2D eigenvalue weighted by atomic mass is 19.1. The SMILES string of the molecule is Cc1ccc(NC(=O)C2CCN(c3ccccc3F)CC2)cc1. The molecule has 120 valence electrons. The molecule has 3 rings (SSSR count). The van der Waals surface area contributed by atoms with Crippen LogP contribution in [0.2, 0.25) is 0 Å². The molecule has 0 atom stereocenters. The molecule has 1 saturated heterocycles. The second-order valence-corrected chi connectivity index (χ2v) is 6.07. The van der Waals surface area contributed by atoms with E-state index in [4.69, 9.17) is 0 Å². The predicted molar refractivity (Wildman–Crippen MR) is 91.1 cm³/mol. The summed E-state index contributed by atoms with van der Waals surface area (Å²) < 4.78 is 13.8. The Hall–Kier alpha value is -2.36. The average Bonchev–Trinajstić information content (AvgIpc) is 2.57. The van der Waals surface area contributed by atoms with Gasteiger partial charge in [0.05, 0.1) is 5.69 Å². The molecule has 0 bridgehead atoms. The van der Waals surface area contributed by atoms with Crippen LogP contribution >= 0.6 is 0 Å². The van der Waals surface area contributed by atoms with Crippen LogP contribution in [0.25, 0.3) is 0 Å². The minimum Gasteiger partial charge on any atom is -0.369 e. The van der Waals surface area contributed by atoms with E-state index in [2.05, 4.69) is 5.32 Å². The van der Waals surface area contributed by atoms with Gasteiger partial charge in [-0.1, -0.05) is 29.8 Å². The fraction of sp³-hybridized carbons (Fsp3) is 0.316. The standard InChI is InChI=1S/C19H21FN2O/c1-14-6-8-16(9-7-14)21-19(23)15-10-12-22(13-11-15)18-5-3-2-4-17(18)20/h2-9,15H,10-13H2,1H3,(H,21,23). The molecule has 2 aromatic carbocycles. The number of benzene rings is 2. The fourth-order valence-electron chi connectivity index (χ4n) is 2.97. The zero-order valence-corrected chi connectivity index (χ0v) is 13.3. The largest absolute Gasteiger partial charge is 0.369 e. The molecule has 1 aliphatic rings. The minimum absolute atomic E-state index is 0.0145. The molecule has 2 aromatic rings. The molecule has 23 heavy (non-hydrogen) atoms. The van der Waals surface area contributed by atoms with Crippen molar-refractivity contribution in [3.05, 3.63) is 59.9 Å². The molecular weight excluding hydrogens is 291 g/mol. The molecule has 0 saturated carbocycles. The topological polar surface area (TPSA) is 32.3 Å². The van der Waals surface area contributed by atoms with E-state index in [1.165, 1.54) is 11.6 Å². The Morgan fingerprint density at radius 2 is 1.74 bits per heavy atom. The van der Waals surface area contributed by atoms with Crippen LogP contribution in [-0.4, -0.2) is 19.0 Å². The molecule has 1 heterocycles. The van der Waals surface area contributed by atoms with E-state index in [1.54, 1.807) is 12.1 Å². The first kappa shape index (κ1) is 15.5. The molecule has 1 N–H and O–H groups in total. The maximum absolute atomic E-state index is 13.8. The van der Waals surface area contributed by atoms with Crippen LogP contribution in [0.1, 0.15) is 18.4 Å². The highest BCUT2D eigenvalue weighted by Crippen LogP contribution is 2.26. The van der Waals surface area contributed by atoms with E-state index in [1.807, 2.05) is 42.2 Å². The molecule has 4 heteroatoms. The summed E-state index contributed by atoms with van der Waals surface area (Å²) in [5, 5.41) is 2.97. The monoisotopic (exact) mass is 312 g/mol. The molecule has 3 nitrogen and oxygen atoms in total. The van der Waals surface area contributed by atoms with Crippen LogP contribution in [0.5, 0.6) is 0 Å². The first-order valence-electron chi connectivity index (χ1n) is 8.00. The van der Waals surface area contributed by atoms with E-state index in [0.717, 1.165) is 18.5 Å². The minimum atomic E-state index is -0.199. The van der Waals surface area contributed by atoms with Gasteiger partial charge >= 0.3 is 0 Å². The molecule has 0 unspecified atom stereocenters. The number of carbonyl (C=O) groups is 1. The van der Waals surface area contributed by atoms with Crippen molar-refractivity contribution in [2.45, 2.75) is 19.8 Å². The summed E-state index contributed by atoms with van der Waals surface area (Å²) >= 11 is 0. The Bertz CT molecular complexity index is 676. The van der Waals surface area contributed by atoms with Gasteiger partial charge < -0.3 is 10.2 Å². The van der Waals surface area contributed by atoms with Crippen molar-refractivity contribution in [3.63, 3.8) is 0 Å². The second kappa shape index (κ2) is 6.82. The summed E-state index contributed by atoms with van der Waals surface area (Å²) in [6.45, 7) is 3.42. The zero-order valence-electron chi connectivity index (χ0n) is 13.3. The van der Waals surface area contributed by atoms with E-state index in [9.17, 15) is 9.18 Å². The number of amides is 1. The summed E-state index contributed by atoms with van der Waals surface area (Å²) in [5.41, 5.74) is 2.63. The third-order valence-corrected chi connectivity index (χ3v) is 4.38. The van der Waals surface area contributed by atoms with Crippen LogP contribution in [-0.2, 0) is 4.79 Å². The first-order valence-corrected chi connectivity index (χ1v) is 8.00. The van der Waals surface area contributed by atoms with Gasteiger partial charge in [-0.3, -0.25) is 4.79 Å². The lowest BCUT2D eigenvalue weighted by Gasteiger charge is -2.33. The van der Waals surface area contributed by atoms with Gasteiger partial charge in [0.1, 0.15) is 5.82 Å². The van der Waals surface area contributed by atoms with Gasteiger partial charge in [-0.15, -0.1) is 0 Å². The highest BCUT2D eigenvalue weighted by molar-refractivity contribution is 5.92. The van der Waals surface area contributed by atoms with E-state index in [0.29, 0.717) is 18.8 Å². The normalized spacial score (nSPS) is 15.5. The number of nitrogens with one attached hydrogen (secondary N) is 1. The summed E-state index contributed by atoms with van der Waals surface area (Å²) in [5.74, 6) is -0.156. The quantitative estimate of drug-likeness (QED) is 0.929. The number of carbonyl (C=O) groups excluding carboxylic acids is 1. The van der Waals surface area contributed by atoms with Crippen molar-refractivity contribution < 1.29 is 9.18 Å². The number of aryl methyl sites for hydroxylation is 1. The van der Waals surface area contributed by atoms with Gasteiger partial charge in [-0.25, -0.2) is 4.39 Å². The van der Waals surface area contributed by atoms with Crippen molar-refractivity contribution in [1.82, 2.24) is 0 Å². The molecule has 1 aliphatic heterocycles. The number of anilines is 2. The Labute approximate surface area is 136 Å². The summed E-state index contributed by atoms with van der Waals surface area (Å²) in [6, 6.07) is 14.6. The summed E-state index contributed by atoms with van der Waals surface area (Å²) in [6.07, 6.45) is 1.48. The van der Waals surface area contributed by atoms with Crippen LogP contribution < -0.4 is 10.2 Å². The first-order chi connectivity index (χ1) is 11.1. The zero-order chi connectivity index (χ0) is 16.2. The van der Waals surface area contributed by atoms with Gasteiger partial charge in [0.15, 0.2) is 0 Å². The van der Waals surface area contributed by atoms with Crippen LogP contribution in [0, 0.1) is 18.7 Å². The second-order valence-electron chi connectivity index (χ2n) is 6.07. The smallest absolute Gasteiger partial charge is 0.227 e. The van der Waals surface area contributed by atoms with Crippen LogP contribution in [0.15, 0.2) is 48.5 Å². The van der Waals surface area contributed by atoms with E-state index < -0.39 is 0 Å². The van der Waals surface area contributed by atoms with E-state index in [-0.39, 0.29) is 17.6 Å². The number of hydrogen-bond acceptors (Lipinski definition) is 2. The molecule has 0 aliphatic carbocycles. The maximum atomic E-state index is 13.8. The highest BCUT2D eigenvalue weighted by Gasteiger charge is 2.26. The molecule has 0 radical (unpaired) electrons. The number of hydrogen-bond donors (Lipinski definition) is 1. The molecule has 1 amide bonds. The Kier molecular flexibility index (Phi) is 4.60. The van der Waals surface area contributed by atoms with Crippen molar-refractivity contribution in [1.29, 1.82) is 0 Å². The van der Waals surface area contributed by atoms with Crippen LogP contribution in [0.4, 0.5) is 15.8 Å². The lowest BCUT2D eigenvalue weighted by atomic mass is 9.95. The maximum Gasteiger partial charge on any atom is 0.227 e. The molecular formula is C19H21FN2O. The van der Waals surface area contributed by atoms with Gasteiger partial charge in [0.25, 0.3) is 0 Å². The number of nitrogens with zero attached hydrogens (tertiary/aromatic N) is 1. The van der Waals surface area contributed by atoms with Gasteiger partial charge in [0, 0.05) is 24.7 Å². The van der Waals surface area contributed by atoms with Crippen molar-refractivity contribution >= 4 is 17.3 Å². The van der Waals surface area contributed by atoms with Gasteiger partial charge in [-0.2, -0.15) is 0 Å². The Morgan fingerprint density at radius 3 is 2.39 bits per heavy atom. The molecule has 1 fully saturated rings. The predicted octanol–water partition coefficient (Wildman–Crippen LogP) is 3.99. The average molecular weight is 312 g/mol. The number of halogens is 1. The fourth-order valence-corrected chi connectivity index (χ4v) is 2.97. The Balaban J connectivity index is 1.57. The van der Waals surface area contributed by atoms with Crippen molar-refractivity contribution in [2.75, 3.05) is 23.3 Å². The Morgan fingerprint density at radius 1 is 1.09 bits per heavy atom. The van der Waals surface area contributed by atoms with Gasteiger partial charge in [-0.05, 0) is 44.0 Å². The number of rotatable bonds is 3. The summed E-state index contributed by atoms with van der Waals surface area (Å²) in [4.78, 5) is 14.4. The number of para-hydroxylation sites is 1. The summed E-state index contributed by atoms with van der Waals surface area (Å²) in [7, 11) is 0.